The molecule has 1 heterocycles. The van der Waals surface area contributed by atoms with Crippen LogP contribution in [0.2, 0.25) is 0 Å². The Labute approximate surface area is 123 Å². The zero-order chi connectivity index (χ0) is 15.3. The summed E-state index contributed by atoms with van der Waals surface area (Å²) in [7, 11) is -2.13. The van der Waals surface area contributed by atoms with E-state index in [4.69, 9.17) is 4.74 Å². The Kier molecular flexibility index (Phi) is 6.38. The van der Waals surface area contributed by atoms with E-state index in [1.807, 2.05) is 13.8 Å². The number of aryl methyl sites for hydroxylation is 1. The molecule has 0 aliphatic rings. The molecule has 0 saturated carbocycles. The standard InChI is InChI=1S/C12H22N2O4S2/c1-5-10(6-2)14(7-8-18-4)20(16,17)11-9(3)13-12(15)19-11/h10H,5-8H2,1-4H3,(H,13,15). The topological polar surface area (TPSA) is 79.5 Å². The lowest BCUT2D eigenvalue weighted by atomic mass is 10.2. The molecule has 0 aromatic carbocycles. The molecule has 0 atom stereocenters. The maximum Gasteiger partial charge on any atom is 0.305 e. The van der Waals surface area contributed by atoms with Crippen LogP contribution in [0.5, 0.6) is 0 Å². The van der Waals surface area contributed by atoms with Gasteiger partial charge in [-0.3, -0.25) is 4.79 Å². The van der Waals surface area contributed by atoms with Gasteiger partial charge in [0.2, 0.25) is 0 Å². The Bertz CT molecular complexity index is 573. The highest BCUT2D eigenvalue weighted by Crippen LogP contribution is 2.24. The molecule has 0 saturated heterocycles. The zero-order valence-electron chi connectivity index (χ0n) is 12.3. The Hall–Kier alpha value is -0.700. The van der Waals surface area contributed by atoms with Crippen molar-refractivity contribution < 1.29 is 13.2 Å². The SMILES string of the molecule is CCC(CC)N(CCOC)S(=O)(=O)c1sc(=O)[nH]c1C. The quantitative estimate of drug-likeness (QED) is 0.788. The van der Waals surface area contributed by atoms with Gasteiger partial charge in [0.15, 0.2) is 4.21 Å². The average Bonchev–Trinajstić information content (AvgIpc) is 2.74. The number of methoxy groups -OCH3 is 1. The number of hydrogen-bond acceptors (Lipinski definition) is 5. The Morgan fingerprint density at radius 3 is 2.35 bits per heavy atom. The van der Waals surface area contributed by atoms with Crippen LogP contribution in [0.25, 0.3) is 0 Å². The number of nitrogens with one attached hydrogen (secondary N) is 1. The van der Waals surface area contributed by atoms with E-state index in [1.54, 1.807) is 6.92 Å². The summed E-state index contributed by atoms with van der Waals surface area (Å²) in [6, 6.07) is -0.0910. The van der Waals surface area contributed by atoms with Crippen LogP contribution in [0, 0.1) is 6.92 Å². The highest BCUT2D eigenvalue weighted by molar-refractivity contribution is 7.91. The summed E-state index contributed by atoms with van der Waals surface area (Å²) in [5.74, 6) is 0. The van der Waals surface area contributed by atoms with Crippen molar-refractivity contribution in [2.45, 2.75) is 43.9 Å². The predicted octanol–water partition coefficient (Wildman–Crippen LogP) is 1.57. The third kappa shape index (κ3) is 3.69. The summed E-state index contributed by atoms with van der Waals surface area (Å²) in [5.41, 5.74) is 0.397. The van der Waals surface area contributed by atoms with Gasteiger partial charge in [0, 0.05) is 25.4 Å². The van der Waals surface area contributed by atoms with Crippen LogP contribution in [0.4, 0.5) is 0 Å². The number of H-pyrrole nitrogens is 1. The van der Waals surface area contributed by atoms with Gasteiger partial charge in [-0.1, -0.05) is 25.2 Å². The maximum absolute atomic E-state index is 12.8. The number of rotatable bonds is 8. The van der Waals surface area contributed by atoms with Crippen molar-refractivity contribution >= 4 is 21.4 Å². The molecule has 6 nitrogen and oxygen atoms in total. The number of nitrogens with zero attached hydrogens (tertiary/aromatic N) is 1. The first-order valence-corrected chi connectivity index (χ1v) is 8.84. The summed E-state index contributed by atoms with van der Waals surface area (Å²) < 4.78 is 32.1. The predicted molar refractivity (Wildman–Crippen MR) is 79.8 cm³/mol. The molecule has 0 unspecified atom stereocenters. The largest absolute Gasteiger partial charge is 0.383 e. The molecular weight excluding hydrogens is 300 g/mol. The Morgan fingerprint density at radius 2 is 1.95 bits per heavy atom. The third-order valence-electron chi connectivity index (χ3n) is 3.19. The molecule has 0 radical (unpaired) electrons. The zero-order valence-corrected chi connectivity index (χ0v) is 13.9. The van der Waals surface area contributed by atoms with Crippen molar-refractivity contribution in [2.24, 2.45) is 0 Å². The fraction of sp³-hybridized carbons (Fsp3) is 0.750. The molecule has 1 aromatic rings. The van der Waals surface area contributed by atoms with Crippen molar-refractivity contribution in [3.8, 4) is 0 Å². The van der Waals surface area contributed by atoms with Gasteiger partial charge in [-0.25, -0.2) is 8.42 Å². The van der Waals surface area contributed by atoms with Crippen LogP contribution in [0.1, 0.15) is 32.4 Å². The first kappa shape index (κ1) is 17.4. The van der Waals surface area contributed by atoms with Gasteiger partial charge in [0.25, 0.3) is 10.0 Å². The van der Waals surface area contributed by atoms with E-state index in [2.05, 4.69) is 4.98 Å². The van der Waals surface area contributed by atoms with Crippen molar-refractivity contribution in [1.82, 2.24) is 9.29 Å². The first-order valence-electron chi connectivity index (χ1n) is 6.58. The van der Waals surface area contributed by atoms with Crippen LogP contribution in [0.15, 0.2) is 9.00 Å². The molecule has 0 amide bonds. The van der Waals surface area contributed by atoms with Crippen LogP contribution in [0.3, 0.4) is 0 Å². The lowest BCUT2D eigenvalue weighted by Crippen LogP contribution is -2.41. The average molecular weight is 322 g/mol. The van der Waals surface area contributed by atoms with Crippen LogP contribution >= 0.6 is 11.3 Å². The van der Waals surface area contributed by atoms with Gasteiger partial charge < -0.3 is 9.72 Å². The minimum absolute atomic E-state index is 0.0910. The number of thiazole rings is 1. The van der Waals surface area contributed by atoms with Crippen LogP contribution < -0.4 is 4.87 Å². The second kappa shape index (κ2) is 7.35. The van der Waals surface area contributed by atoms with Crippen molar-refractivity contribution in [1.29, 1.82) is 0 Å². The van der Waals surface area contributed by atoms with E-state index < -0.39 is 10.0 Å². The van der Waals surface area contributed by atoms with E-state index >= 15 is 0 Å². The number of sulfonamides is 1. The third-order valence-corrected chi connectivity index (χ3v) is 6.72. The van der Waals surface area contributed by atoms with E-state index in [0.29, 0.717) is 12.3 Å². The highest BCUT2D eigenvalue weighted by atomic mass is 32.2. The monoisotopic (exact) mass is 322 g/mol. The molecule has 8 heteroatoms. The summed E-state index contributed by atoms with van der Waals surface area (Å²) in [6.07, 6.45) is 1.44. The minimum Gasteiger partial charge on any atom is -0.383 e. The number of ether oxygens (including phenoxy) is 1. The van der Waals surface area contributed by atoms with Crippen molar-refractivity contribution in [3.05, 3.63) is 15.4 Å². The first-order chi connectivity index (χ1) is 9.38. The fourth-order valence-electron chi connectivity index (χ4n) is 2.12. The lowest BCUT2D eigenvalue weighted by molar-refractivity contribution is 0.163. The van der Waals surface area contributed by atoms with E-state index in [9.17, 15) is 13.2 Å². The van der Waals surface area contributed by atoms with Crippen molar-refractivity contribution in [3.63, 3.8) is 0 Å². The summed E-state index contributed by atoms with van der Waals surface area (Å²) >= 11 is 0.740. The van der Waals surface area contributed by atoms with Gasteiger partial charge in [0.1, 0.15) is 0 Å². The highest BCUT2D eigenvalue weighted by Gasteiger charge is 2.32. The summed E-state index contributed by atoms with van der Waals surface area (Å²) in [4.78, 5) is 13.5. The fourth-order valence-corrected chi connectivity index (χ4v) is 5.29. The second-order valence-electron chi connectivity index (χ2n) is 4.51. The normalized spacial score (nSPS) is 12.5. The molecule has 0 bridgehead atoms. The molecular formula is C12H22N2O4S2. The van der Waals surface area contributed by atoms with Crippen molar-refractivity contribution in [2.75, 3.05) is 20.3 Å². The summed E-state index contributed by atoms with van der Waals surface area (Å²) in [6.45, 7) is 6.13. The Morgan fingerprint density at radius 1 is 1.35 bits per heavy atom. The van der Waals surface area contributed by atoms with Gasteiger partial charge >= 0.3 is 4.87 Å². The van der Waals surface area contributed by atoms with E-state index in [0.717, 1.165) is 24.2 Å². The molecule has 116 valence electrons. The maximum atomic E-state index is 12.8. The molecule has 0 fully saturated rings. The smallest absolute Gasteiger partial charge is 0.305 e. The molecule has 20 heavy (non-hydrogen) atoms. The molecule has 0 aliphatic heterocycles. The van der Waals surface area contributed by atoms with Crippen LogP contribution in [-0.2, 0) is 14.8 Å². The van der Waals surface area contributed by atoms with Gasteiger partial charge in [-0.05, 0) is 19.8 Å². The van der Waals surface area contributed by atoms with Crippen LogP contribution in [-0.4, -0.2) is 44.0 Å². The molecule has 0 spiro atoms. The van der Waals surface area contributed by atoms with E-state index in [1.165, 1.54) is 11.4 Å². The number of aromatic nitrogens is 1. The molecule has 1 aromatic heterocycles. The van der Waals surface area contributed by atoms with Gasteiger partial charge in [-0.15, -0.1) is 0 Å². The summed E-state index contributed by atoms with van der Waals surface area (Å²) in [5, 5.41) is 0. The minimum atomic E-state index is -3.67. The second-order valence-corrected chi connectivity index (χ2v) is 7.57. The lowest BCUT2D eigenvalue weighted by Gasteiger charge is -2.28. The number of aromatic amines is 1. The molecule has 1 rings (SSSR count). The molecule has 1 N–H and O–H groups in total. The Balaban J connectivity index is 3.23. The number of hydrogen-bond donors (Lipinski definition) is 1. The van der Waals surface area contributed by atoms with E-state index in [-0.39, 0.29) is 21.7 Å². The molecule has 0 aliphatic carbocycles. The van der Waals surface area contributed by atoms with Gasteiger partial charge in [0.05, 0.1) is 6.61 Å². The van der Waals surface area contributed by atoms with Gasteiger partial charge in [-0.2, -0.15) is 4.31 Å².